The van der Waals surface area contributed by atoms with Crippen LogP contribution in [0.1, 0.15) is 144 Å². The van der Waals surface area contributed by atoms with Gasteiger partial charge in [0.2, 0.25) is 0 Å². The van der Waals surface area contributed by atoms with E-state index < -0.39 is 5.41 Å². The van der Waals surface area contributed by atoms with Gasteiger partial charge in [-0.1, -0.05) is 225 Å². The van der Waals surface area contributed by atoms with Crippen LogP contribution in [0.5, 0.6) is 11.5 Å². The third kappa shape index (κ3) is 10.8. The van der Waals surface area contributed by atoms with Crippen molar-refractivity contribution < 1.29 is 25.8 Å². The summed E-state index contributed by atoms with van der Waals surface area (Å²) in [5.74, 6) is 2.03. The molecule has 6 heteroatoms. The minimum Gasteiger partial charge on any atom is -0.509 e. The number of rotatable bonds is 10. The molecular weight excluding hydrogens is 1130 g/mol. The van der Waals surface area contributed by atoms with E-state index in [0.29, 0.717) is 11.5 Å². The average Bonchev–Trinajstić information content (AvgIpc) is 4.11. The van der Waals surface area contributed by atoms with Gasteiger partial charge in [-0.25, -0.2) is 4.98 Å². The first-order valence-electron chi connectivity index (χ1n) is 27.4. The number of anilines is 2. The Morgan fingerprint density at radius 2 is 1.00 bits per heavy atom. The maximum Gasteiger partial charge on any atom is 0.135 e. The zero-order valence-corrected chi connectivity index (χ0v) is 51.0. The molecule has 0 amide bonds. The SMILES string of the molecule is CC(C)(C)C1=C(C(C)(C)C)N(c2cc(-c3ccccc3)cc(C(C)(C)C)c2)[CH-]N1c1[c-]c(Oc2[c-]c3c(cc2)c2cc(C(C)(C)C)ccc2n3-c2cc(C(C)(C)c3ccccc3)ccn2)cc(C(C)(C)c2ccccc2)c1.[Pt]. The van der Waals surface area contributed by atoms with Gasteiger partial charge in [0.25, 0.3) is 0 Å². The molecule has 10 rings (SSSR count). The van der Waals surface area contributed by atoms with E-state index >= 15 is 0 Å². The molecule has 0 fully saturated rings. The molecule has 2 aromatic heterocycles. The molecule has 9 aromatic rings. The van der Waals surface area contributed by atoms with Crippen molar-refractivity contribution >= 4 is 33.2 Å². The van der Waals surface area contributed by atoms with Crippen LogP contribution in [0.15, 0.2) is 181 Å². The standard InChI is InChI=1S/C72H77N4O.Pt/c1-67(2,3)52-32-35-62-61(43-52)60-34-33-58(46-63(60)76(62)64-44-53(36-37-73-64)71(13,14)50-28-22-18-23-29-50)77-59-42-55(72(15,16)51-30-24-19-25-31-51)41-57(45-59)75-47-74(65(69(7,8)9)66(75)70(10,11)12)56-39-49(48-26-20-17-21-27-48)38-54(40-56)68(4,5)6;/h17-44,47H,1-16H3;/q-3;. The largest absolute Gasteiger partial charge is 0.509 e. The molecule has 0 unspecified atom stereocenters. The number of hydrogen-bond donors (Lipinski definition) is 0. The van der Waals surface area contributed by atoms with E-state index in [4.69, 9.17) is 9.72 Å². The van der Waals surface area contributed by atoms with Crippen molar-refractivity contribution in [1.29, 1.82) is 0 Å². The first kappa shape index (κ1) is 56.1. The normalized spacial score (nSPS) is 13.9. The van der Waals surface area contributed by atoms with Crippen molar-refractivity contribution in [3.63, 3.8) is 0 Å². The maximum absolute atomic E-state index is 7.19. The van der Waals surface area contributed by atoms with Crippen LogP contribution in [0.3, 0.4) is 0 Å². The Hall–Kier alpha value is -6.68. The molecule has 1 aliphatic heterocycles. The van der Waals surface area contributed by atoms with Crippen LogP contribution in [-0.2, 0) is 42.7 Å². The fourth-order valence-corrected chi connectivity index (χ4v) is 11.1. The molecule has 0 saturated carbocycles. The minimum absolute atomic E-state index is 0. The summed E-state index contributed by atoms with van der Waals surface area (Å²) in [6.45, 7) is 39.2. The molecule has 0 aliphatic carbocycles. The number of allylic oxidation sites excluding steroid dienone is 2. The minimum atomic E-state index is -0.401. The molecule has 0 spiro atoms. The summed E-state index contributed by atoms with van der Waals surface area (Å²) in [4.78, 5) is 9.92. The van der Waals surface area contributed by atoms with E-state index in [1.54, 1.807) is 0 Å². The van der Waals surface area contributed by atoms with E-state index in [1.165, 1.54) is 50.3 Å². The molecule has 3 heterocycles. The van der Waals surface area contributed by atoms with Crippen LogP contribution in [0.25, 0.3) is 38.8 Å². The van der Waals surface area contributed by atoms with Crippen molar-refractivity contribution in [2.75, 3.05) is 9.80 Å². The molecule has 0 N–H and O–H groups in total. The van der Waals surface area contributed by atoms with Crippen LogP contribution in [0.2, 0.25) is 0 Å². The Morgan fingerprint density at radius 3 is 1.59 bits per heavy atom. The topological polar surface area (TPSA) is 33.5 Å². The van der Waals surface area contributed by atoms with Gasteiger partial charge >= 0.3 is 0 Å². The summed E-state index contributed by atoms with van der Waals surface area (Å²) in [5.41, 5.74) is 14.8. The zero-order valence-electron chi connectivity index (χ0n) is 48.8. The summed E-state index contributed by atoms with van der Waals surface area (Å²) in [5, 5.41) is 2.24. The Bertz CT molecular complexity index is 3670. The van der Waals surface area contributed by atoms with Crippen molar-refractivity contribution in [3.05, 3.63) is 234 Å². The molecule has 0 atom stereocenters. The van der Waals surface area contributed by atoms with Crippen LogP contribution < -0.4 is 14.5 Å². The zero-order chi connectivity index (χ0) is 55.0. The van der Waals surface area contributed by atoms with E-state index in [2.05, 4.69) is 308 Å². The maximum atomic E-state index is 7.19. The Kier molecular flexibility index (Phi) is 14.7. The molecular formula is C72H77N4OPt-3. The molecule has 404 valence electrons. The third-order valence-corrected chi connectivity index (χ3v) is 15.8. The summed E-state index contributed by atoms with van der Waals surface area (Å²) < 4.78 is 9.45. The predicted molar refractivity (Wildman–Crippen MR) is 324 cm³/mol. The van der Waals surface area contributed by atoms with Crippen molar-refractivity contribution in [2.24, 2.45) is 10.8 Å². The first-order chi connectivity index (χ1) is 36.2. The fourth-order valence-electron chi connectivity index (χ4n) is 11.1. The van der Waals surface area contributed by atoms with Gasteiger partial charge in [0, 0.05) is 77.6 Å². The van der Waals surface area contributed by atoms with E-state index in [-0.39, 0.29) is 48.1 Å². The predicted octanol–water partition coefficient (Wildman–Crippen LogP) is 19.2. The number of pyridine rings is 1. The van der Waals surface area contributed by atoms with Gasteiger partial charge in [-0.05, 0) is 90.9 Å². The van der Waals surface area contributed by atoms with Crippen LogP contribution in [0.4, 0.5) is 11.4 Å². The number of hydrogen-bond acceptors (Lipinski definition) is 4. The monoisotopic (exact) mass is 1210 g/mol. The van der Waals surface area contributed by atoms with Gasteiger partial charge in [-0.15, -0.1) is 53.6 Å². The van der Waals surface area contributed by atoms with E-state index in [0.717, 1.165) is 44.6 Å². The Morgan fingerprint density at radius 1 is 0.423 bits per heavy atom. The van der Waals surface area contributed by atoms with Gasteiger partial charge in [0.1, 0.15) is 5.82 Å². The van der Waals surface area contributed by atoms with Crippen molar-refractivity contribution in [1.82, 2.24) is 9.55 Å². The molecule has 5 nitrogen and oxygen atoms in total. The van der Waals surface area contributed by atoms with Gasteiger partial charge in [-0.3, -0.25) is 0 Å². The first-order valence-corrected chi connectivity index (χ1v) is 27.4. The molecule has 78 heavy (non-hydrogen) atoms. The number of ether oxygens (including phenoxy) is 1. The number of aromatic nitrogens is 2. The number of benzene rings is 7. The summed E-state index contributed by atoms with van der Waals surface area (Å²) in [7, 11) is 0. The molecule has 0 bridgehead atoms. The smallest absolute Gasteiger partial charge is 0.135 e. The Balaban J connectivity index is 0.00000740. The second-order valence-corrected chi connectivity index (χ2v) is 26.4. The number of nitrogens with zero attached hydrogens (tertiary/aromatic N) is 4. The third-order valence-electron chi connectivity index (χ3n) is 15.8. The summed E-state index contributed by atoms with van der Waals surface area (Å²) >= 11 is 0. The van der Waals surface area contributed by atoms with Gasteiger partial charge in [-0.2, -0.15) is 6.07 Å². The van der Waals surface area contributed by atoms with Gasteiger partial charge in [0.15, 0.2) is 0 Å². The summed E-state index contributed by atoms with van der Waals surface area (Å²) in [6.07, 6.45) is 1.94. The average molecular weight is 1210 g/mol. The van der Waals surface area contributed by atoms with Gasteiger partial charge < -0.3 is 19.1 Å². The van der Waals surface area contributed by atoms with E-state index in [1.807, 2.05) is 6.20 Å². The quantitative estimate of drug-likeness (QED) is 0.128. The number of fused-ring (bicyclic) bond motifs is 3. The van der Waals surface area contributed by atoms with E-state index in [9.17, 15) is 0 Å². The molecule has 0 saturated heterocycles. The van der Waals surface area contributed by atoms with Gasteiger partial charge in [0.05, 0.1) is 0 Å². The second kappa shape index (κ2) is 20.5. The van der Waals surface area contributed by atoms with Crippen molar-refractivity contribution in [3.8, 4) is 28.4 Å². The second-order valence-electron chi connectivity index (χ2n) is 26.4. The molecule has 0 radical (unpaired) electrons. The van der Waals surface area contributed by atoms with Crippen LogP contribution in [-0.4, -0.2) is 9.55 Å². The van der Waals surface area contributed by atoms with Crippen molar-refractivity contribution in [2.45, 2.75) is 132 Å². The van der Waals surface area contributed by atoms with Crippen LogP contribution >= 0.6 is 0 Å². The summed E-state index contributed by atoms with van der Waals surface area (Å²) in [6, 6.07) is 67.1. The Labute approximate surface area is 480 Å². The molecule has 1 aliphatic rings. The fraction of sp³-hybridized carbons (Fsp3) is 0.306. The molecule has 7 aromatic carbocycles. The van der Waals surface area contributed by atoms with Crippen LogP contribution in [0, 0.1) is 29.6 Å².